The van der Waals surface area contributed by atoms with Gasteiger partial charge in [-0.1, -0.05) is 18.2 Å². The number of rotatable bonds is 5. The third-order valence-electron chi connectivity index (χ3n) is 3.62. The van der Waals surface area contributed by atoms with Gasteiger partial charge in [0.05, 0.1) is 12.3 Å². The molecule has 20 heavy (non-hydrogen) atoms. The fourth-order valence-electron chi connectivity index (χ4n) is 2.19. The number of hydrogen-bond acceptors (Lipinski definition) is 3. The van der Waals surface area contributed by atoms with Gasteiger partial charge < -0.3 is 10.4 Å². The van der Waals surface area contributed by atoms with E-state index in [1.54, 1.807) is 22.9 Å². The largest absolute Gasteiger partial charge is 0.387 e. The van der Waals surface area contributed by atoms with E-state index in [1.807, 2.05) is 27.1 Å². The maximum Gasteiger partial charge on any atom is 0.129 e. The van der Waals surface area contributed by atoms with Crippen molar-refractivity contribution in [3.8, 4) is 0 Å². The SMILES string of the molecule is Cc1c(C(C)NCC(O)c2ccccc2F)cnn1C. The normalized spacial score (nSPS) is 14.2. The number of halogens is 1. The van der Waals surface area contributed by atoms with Gasteiger partial charge in [0.2, 0.25) is 0 Å². The summed E-state index contributed by atoms with van der Waals surface area (Å²) in [5.41, 5.74) is 2.47. The van der Waals surface area contributed by atoms with Crippen LogP contribution in [0.2, 0.25) is 0 Å². The van der Waals surface area contributed by atoms with E-state index in [1.165, 1.54) is 6.07 Å². The summed E-state index contributed by atoms with van der Waals surface area (Å²) in [5, 5.41) is 17.4. The molecule has 2 aromatic rings. The Morgan fingerprint density at radius 3 is 2.65 bits per heavy atom. The number of nitrogens with one attached hydrogen (secondary N) is 1. The van der Waals surface area contributed by atoms with Crippen molar-refractivity contribution in [3.05, 3.63) is 53.1 Å². The first-order chi connectivity index (χ1) is 9.50. The van der Waals surface area contributed by atoms with Crippen molar-refractivity contribution >= 4 is 0 Å². The van der Waals surface area contributed by atoms with Crippen LogP contribution in [0.4, 0.5) is 4.39 Å². The first kappa shape index (κ1) is 14.7. The van der Waals surface area contributed by atoms with Crippen LogP contribution in [0.1, 0.15) is 35.9 Å². The summed E-state index contributed by atoms with van der Waals surface area (Å²) in [4.78, 5) is 0. The molecule has 0 aliphatic rings. The van der Waals surface area contributed by atoms with Crippen molar-refractivity contribution in [1.82, 2.24) is 15.1 Å². The minimum atomic E-state index is -0.865. The summed E-state index contributed by atoms with van der Waals surface area (Å²) in [6.45, 7) is 4.28. The van der Waals surface area contributed by atoms with Crippen molar-refractivity contribution in [2.24, 2.45) is 7.05 Å². The lowest BCUT2D eigenvalue weighted by Crippen LogP contribution is -2.25. The molecule has 0 spiro atoms. The minimum absolute atomic E-state index is 0.0464. The van der Waals surface area contributed by atoms with E-state index in [0.717, 1.165) is 11.3 Å². The molecular weight excluding hydrogens is 257 g/mol. The molecule has 1 aromatic carbocycles. The summed E-state index contributed by atoms with van der Waals surface area (Å²) >= 11 is 0. The molecule has 0 saturated heterocycles. The van der Waals surface area contributed by atoms with Gasteiger partial charge in [0.15, 0.2) is 0 Å². The van der Waals surface area contributed by atoms with Crippen molar-refractivity contribution in [3.63, 3.8) is 0 Å². The predicted molar refractivity (Wildman–Crippen MR) is 75.7 cm³/mol. The third kappa shape index (κ3) is 3.05. The van der Waals surface area contributed by atoms with Crippen LogP contribution in [0, 0.1) is 12.7 Å². The lowest BCUT2D eigenvalue weighted by Gasteiger charge is -2.17. The van der Waals surface area contributed by atoms with Gasteiger partial charge >= 0.3 is 0 Å². The van der Waals surface area contributed by atoms with Gasteiger partial charge in [0, 0.05) is 36.5 Å². The molecule has 0 radical (unpaired) electrons. The zero-order valence-electron chi connectivity index (χ0n) is 12.0. The van der Waals surface area contributed by atoms with Crippen LogP contribution < -0.4 is 5.32 Å². The Bertz CT molecular complexity index is 582. The zero-order chi connectivity index (χ0) is 14.7. The van der Waals surface area contributed by atoms with Gasteiger partial charge in [0.25, 0.3) is 0 Å². The summed E-state index contributed by atoms with van der Waals surface area (Å²) in [6.07, 6.45) is 0.943. The molecule has 0 bridgehead atoms. The van der Waals surface area contributed by atoms with Crippen molar-refractivity contribution in [2.45, 2.75) is 26.0 Å². The van der Waals surface area contributed by atoms with E-state index in [9.17, 15) is 9.50 Å². The van der Waals surface area contributed by atoms with E-state index in [2.05, 4.69) is 10.4 Å². The molecule has 1 aromatic heterocycles. The summed E-state index contributed by atoms with van der Waals surface area (Å²) in [5.74, 6) is -0.382. The van der Waals surface area contributed by atoms with Crippen LogP contribution in [0.5, 0.6) is 0 Å². The summed E-state index contributed by atoms with van der Waals surface area (Å²) in [7, 11) is 1.89. The van der Waals surface area contributed by atoms with Crippen LogP contribution in [0.3, 0.4) is 0 Å². The van der Waals surface area contributed by atoms with Crippen molar-refractivity contribution in [2.75, 3.05) is 6.54 Å². The second kappa shape index (κ2) is 6.15. The zero-order valence-corrected chi connectivity index (χ0v) is 12.0. The second-order valence-corrected chi connectivity index (χ2v) is 4.98. The monoisotopic (exact) mass is 277 g/mol. The van der Waals surface area contributed by atoms with Crippen LogP contribution in [-0.2, 0) is 7.05 Å². The molecule has 0 fully saturated rings. The van der Waals surface area contributed by atoms with Crippen LogP contribution >= 0.6 is 0 Å². The first-order valence-electron chi connectivity index (χ1n) is 6.65. The fraction of sp³-hybridized carbons (Fsp3) is 0.400. The fourth-order valence-corrected chi connectivity index (χ4v) is 2.19. The Morgan fingerprint density at radius 2 is 2.05 bits per heavy atom. The van der Waals surface area contributed by atoms with E-state index >= 15 is 0 Å². The number of aromatic nitrogens is 2. The van der Waals surface area contributed by atoms with Gasteiger partial charge in [-0.2, -0.15) is 5.10 Å². The molecule has 4 nitrogen and oxygen atoms in total. The Labute approximate surface area is 118 Å². The number of aliphatic hydroxyl groups excluding tert-OH is 1. The standard InChI is InChI=1S/C15H20FN3O/c1-10(13-8-18-19(3)11(13)2)17-9-15(20)12-6-4-5-7-14(12)16/h4-8,10,15,17,20H,9H2,1-3H3. The lowest BCUT2D eigenvalue weighted by atomic mass is 10.1. The average Bonchev–Trinajstić information content (AvgIpc) is 2.76. The molecule has 0 saturated carbocycles. The average molecular weight is 277 g/mol. The number of aliphatic hydroxyl groups is 1. The van der Waals surface area contributed by atoms with Crippen molar-refractivity contribution in [1.29, 1.82) is 0 Å². The minimum Gasteiger partial charge on any atom is -0.387 e. The number of hydrogen-bond donors (Lipinski definition) is 2. The maximum absolute atomic E-state index is 13.6. The molecule has 0 amide bonds. The molecule has 0 aliphatic carbocycles. The van der Waals surface area contributed by atoms with E-state index < -0.39 is 6.10 Å². The highest BCUT2D eigenvalue weighted by molar-refractivity contribution is 5.21. The van der Waals surface area contributed by atoms with Crippen molar-refractivity contribution < 1.29 is 9.50 Å². The van der Waals surface area contributed by atoms with Crippen LogP contribution in [0.15, 0.2) is 30.5 Å². The highest BCUT2D eigenvalue weighted by Crippen LogP contribution is 2.19. The van der Waals surface area contributed by atoms with Gasteiger partial charge in [-0.15, -0.1) is 0 Å². The van der Waals surface area contributed by atoms with E-state index in [0.29, 0.717) is 5.56 Å². The highest BCUT2D eigenvalue weighted by atomic mass is 19.1. The van der Waals surface area contributed by atoms with E-state index in [4.69, 9.17) is 0 Å². The van der Waals surface area contributed by atoms with Crippen LogP contribution in [0.25, 0.3) is 0 Å². The van der Waals surface area contributed by atoms with Crippen LogP contribution in [-0.4, -0.2) is 21.4 Å². The third-order valence-corrected chi connectivity index (χ3v) is 3.62. The smallest absolute Gasteiger partial charge is 0.129 e. The molecule has 2 atom stereocenters. The highest BCUT2D eigenvalue weighted by Gasteiger charge is 2.16. The first-order valence-corrected chi connectivity index (χ1v) is 6.65. The molecule has 1 heterocycles. The maximum atomic E-state index is 13.6. The molecule has 2 unspecified atom stereocenters. The molecule has 2 N–H and O–H groups in total. The Hall–Kier alpha value is -1.72. The molecule has 2 rings (SSSR count). The quantitative estimate of drug-likeness (QED) is 0.881. The lowest BCUT2D eigenvalue weighted by molar-refractivity contribution is 0.166. The summed E-state index contributed by atoms with van der Waals surface area (Å²) in [6, 6.07) is 6.33. The molecule has 108 valence electrons. The molecular formula is C15H20FN3O. The number of benzene rings is 1. The summed E-state index contributed by atoms with van der Waals surface area (Å²) < 4.78 is 15.4. The van der Waals surface area contributed by atoms with E-state index in [-0.39, 0.29) is 18.4 Å². The Balaban J connectivity index is 1.98. The second-order valence-electron chi connectivity index (χ2n) is 4.98. The number of aryl methyl sites for hydroxylation is 1. The molecule has 5 heteroatoms. The van der Waals surface area contributed by atoms with Gasteiger partial charge in [0.1, 0.15) is 5.82 Å². The Morgan fingerprint density at radius 1 is 1.35 bits per heavy atom. The van der Waals surface area contributed by atoms with Gasteiger partial charge in [-0.05, 0) is 19.9 Å². The number of nitrogens with zero attached hydrogens (tertiary/aromatic N) is 2. The van der Waals surface area contributed by atoms with Gasteiger partial charge in [-0.3, -0.25) is 4.68 Å². The topological polar surface area (TPSA) is 50.1 Å². The Kier molecular flexibility index (Phi) is 4.52. The van der Waals surface area contributed by atoms with Gasteiger partial charge in [-0.25, -0.2) is 4.39 Å². The predicted octanol–water partition coefficient (Wildman–Crippen LogP) is 2.25. The molecule has 0 aliphatic heterocycles.